The minimum Gasteiger partial charge on any atom is -0.337 e. The Morgan fingerprint density at radius 3 is 2.56 bits per heavy atom. The zero-order valence-electron chi connectivity index (χ0n) is 15.4. The fourth-order valence-corrected chi connectivity index (χ4v) is 4.35. The lowest BCUT2D eigenvalue weighted by Gasteiger charge is -2.24. The Hall–Kier alpha value is -1.73. The van der Waals surface area contributed by atoms with E-state index in [2.05, 4.69) is 16.0 Å². The van der Waals surface area contributed by atoms with Crippen LogP contribution in [0.4, 0.5) is 0 Å². The summed E-state index contributed by atoms with van der Waals surface area (Å²) in [5.74, 6) is 0.0924. The van der Waals surface area contributed by atoms with Crippen molar-refractivity contribution in [3.63, 3.8) is 0 Å². The predicted molar refractivity (Wildman–Crippen MR) is 115 cm³/mol. The van der Waals surface area contributed by atoms with Crippen LogP contribution in [0.15, 0.2) is 47.2 Å². The van der Waals surface area contributed by atoms with E-state index in [-0.39, 0.29) is 5.91 Å². The first kappa shape index (κ1) is 20.0. The molecule has 0 radical (unpaired) electrons. The van der Waals surface area contributed by atoms with Crippen LogP contribution >= 0.6 is 34.3 Å². The number of nitrogens with zero attached hydrogens (tertiary/aromatic N) is 3. The predicted octanol–water partition coefficient (Wildman–Crippen LogP) is 4.66. The standard InChI is InChI=1S/C20H22ClN3OS2/c1-23(2)9-10-24(13-15-5-7-16(21)8-6-15)19(25)12-17-14-27-20(22-17)18-4-3-11-26-18/h3-8,11,14H,9-10,12-13H2,1-2H3. The van der Waals surface area contributed by atoms with E-state index >= 15 is 0 Å². The molecule has 0 bridgehead atoms. The van der Waals surface area contributed by atoms with Crippen LogP contribution < -0.4 is 0 Å². The Morgan fingerprint density at radius 1 is 1.11 bits per heavy atom. The number of carbonyl (C=O) groups is 1. The van der Waals surface area contributed by atoms with Gasteiger partial charge in [0, 0.05) is 30.0 Å². The zero-order chi connectivity index (χ0) is 19.2. The van der Waals surface area contributed by atoms with Gasteiger partial charge < -0.3 is 9.80 Å². The number of carbonyl (C=O) groups excluding carboxylic acids is 1. The number of thiophene rings is 1. The first-order valence-electron chi connectivity index (χ1n) is 8.66. The minimum atomic E-state index is 0.0924. The highest BCUT2D eigenvalue weighted by Crippen LogP contribution is 2.28. The van der Waals surface area contributed by atoms with Crippen molar-refractivity contribution >= 4 is 40.2 Å². The van der Waals surface area contributed by atoms with Gasteiger partial charge in [-0.3, -0.25) is 4.79 Å². The van der Waals surface area contributed by atoms with Crippen molar-refractivity contribution in [2.45, 2.75) is 13.0 Å². The molecule has 0 fully saturated rings. The fourth-order valence-electron chi connectivity index (χ4n) is 2.59. The molecule has 0 atom stereocenters. The SMILES string of the molecule is CN(C)CCN(Cc1ccc(Cl)cc1)C(=O)Cc1csc(-c2cccs2)n1. The van der Waals surface area contributed by atoms with Crippen LogP contribution in [0.25, 0.3) is 9.88 Å². The molecule has 0 saturated heterocycles. The van der Waals surface area contributed by atoms with Gasteiger partial charge in [-0.15, -0.1) is 22.7 Å². The summed E-state index contributed by atoms with van der Waals surface area (Å²) < 4.78 is 0. The number of halogens is 1. The summed E-state index contributed by atoms with van der Waals surface area (Å²) in [4.78, 5) is 22.7. The quantitative estimate of drug-likeness (QED) is 0.532. The first-order chi connectivity index (χ1) is 13.0. The summed E-state index contributed by atoms with van der Waals surface area (Å²) in [5, 5.41) is 5.70. The van der Waals surface area contributed by atoms with Gasteiger partial charge in [0.25, 0.3) is 0 Å². The van der Waals surface area contributed by atoms with E-state index in [0.717, 1.165) is 27.7 Å². The normalized spacial score (nSPS) is 11.1. The number of likely N-dealkylation sites (N-methyl/N-ethyl adjacent to an activating group) is 1. The van der Waals surface area contributed by atoms with Crippen LogP contribution in [0, 0.1) is 0 Å². The van der Waals surface area contributed by atoms with Crippen LogP contribution in [0.5, 0.6) is 0 Å². The van der Waals surface area contributed by atoms with Crippen molar-refractivity contribution in [1.29, 1.82) is 0 Å². The highest BCUT2D eigenvalue weighted by molar-refractivity contribution is 7.20. The largest absolute Gasteiger partial charge is 0.337 e. The van der Waals surface area contributed by atoms with Gasteiger partial charge in [0.05, 0.1) is 17.0 Å². The molecule has 3 aromatic rings. The van der Waals surface area contributed by atoms with Crippen molar-refractivity contribution in [2.24, 2.45) is 0 Å². The summed E-state index contributed by atoms with van der Waals surface area (Å²) in [7, 11) is 4.03. The smallest absolute Gasteiger partial charge is 0.228 e. The van der Waals surface area contributed by atoms with Gasteiger partial charge in [-0.2, -0.15) is 0 Å². The van der Waals surface area contributed by atoms with E-state index in [1.807, 2.05) is 60.1 Å². The molecule has 4 nitrogen and oxygen atoms in total. The Labute approximate surface area is 173 Å². The molecule has 0 aliphatic carbocycles. The third-order valence-electron chi connectivity index (χ3n) is 4.07. The maximum absolute atomic E-state index is 12.9. The van der Waals surface area contributed by atoms with Gasteiger partial charge in [0.1, 0.15) is 5.01 Å². The molecule has 27 heavy (non-hydrogen) atoms. The van der Waals surface area contributed by atoms with Crippen LogP contribution in [0.1, 0.15) is 11.3 Å². The van der Waals surface area contributed by atoms with Crippen LogP contribution in [0.3, 0.4) is 0 Å². The lowest BCUT2D eigenvalue weighted by Crippen LogP contribution is -2.37. The number of aromatic nitrogens is 1. The number of rotatable bonds is 8. The molecule has 142 valence electrons. The summed E-state index contributed by atoms with van der Waals surface area (Å²) in [6.45, 7) is 2.07. The topological polar surface area (TPSA) is 36.4 Å². The molecule has 0 saturated carbocycles. The van der Waals surface area contributed by atoms with E-state index in [0.29, 0.717) is 24.5 Å². The van der Waals surface area contributed by atoms with E-state index in [9.17, 15) is 4.79 Å². The number of hydrogen-bond donors (Lipinski definition) is 0. The molecule has 7 heteroatoms. The van der Waals surface area contributed by atoms with Crippen LogP contribution in [0.2, 0.25) is 5.02 Å². The average molecular weight is 420 g/mol. The fraction of sp³-hybridized carbons (Fsp3) is 0.300. The second kappa shape index (κ2) is 9.46. The Bertz CT molecular complexity index is 860. The first-order valence-corrected chi connectivity index (χ1v) is 10.8. The molecule has 1 aromatic carbocycles. The van der Waals surface area contributed by atoms with Crippen LogP contribution in [-0.4, -0.2) is 47.9 Å². The highest BCUT2D eigenvalue weighted by Gasteiger charge is 2.17. The highest BCUT2D eigenvalue weighted by atomic mass is 35.5. The van der Waals surface area contributed by atoms with Crippen molar-refractivity contribution < 1.29 is 4.79 Å². The maximum Gasteiger partial charge on any atom is 0.228 e. The van der Waals surface area contributed by atoms with Gasteiger partial charge in [-0.25, -0.2) is 4.98 Å². The summed E-state index contributed by atoms with van der Waals surface area (Å²) in [6.07, 6.45) is 0.322. The third-order valence-corrected chi connectivity index (χ3v) is 6.25. The molecule has 0 unspecified atom stereocenters. The molecule has 0 aliphatic heterocycles. The monoisotopic (exact) mass is 419 g/mol. The van der Waals surface area contributed by atoms with E-state index in [1.165, 1.54) is 0 Å². The lowest BCUT2D eigenvalue weighted by molar-refractivity contribution is -0.131. The number of thiazole rings is 1. The molecule has 0 N–H and O–H groups in total. The van der Waals surface area contributed by atoms with E-state index in [1.54, 1.807) is 22.7 Å². The average Bonchev–Trinajstić information content (AvgIpc) is 3.31. The minimum absolute atomic E-state index is 0.0924. The third kappa shape index (κ3) is 5.87. The van der Waals surface area contributed by atoms with Gasteiger partial charge in [0.15, 0.2) is 0 Å². The molecule has 0 aliphatic rings. The summed E-state index contributed by atoms with van der Waals surface area (Å²) in [6, 6.07) is 11.7. The Kier molecular flexibility index (Phi) is 7.01. The maximum atomic E-state index is 12.9. The van der Waals surface area contributed by atoms with E-state index < -0.39 is 0 Å². The lowest BCUT2D eigenvalue weighted by atomic mass is 10.2. The van der Waals surface area contributed by atoms with Gasteiger partial charge >= 0.3 is 0 Å². The molecule has 0 spiro atoms. The van der Waals surface area contributed by atoms with E-state index in [4.69, 9.17) is 11.6 Å². The number of benzene rings is 1. The number of amides is 1. The van der Waals surface area contributed by atoms with Crippen molar-refractivity contribution in [3.05, 3.63) is 63.4 Å². The zero-order valence-corrected chi connectivity index (χ0v) is 17.8. The molecular formula is C20H22ClN3OS2. The van der Waals surface area contributed by atoms with Crippen molar-refractivity contribution in [3.8, 4) is 9.88 Å². The van der Waals surface area contributed by atoms with Gasteiger partial charge in [0.2, 0.25) is 5.91 Å². The van der Waals surface area contributed by atoms with Crippen molar-refractivity contribution in [2.75, 3.05) is 27.2 Å². The molecular weight excluding hydrogens is 398 g/mol. The molecule has 2 aromatic heterocycles. The molecule has 2 heterocycles. The Balaban J connectivity index is 1.69. The molecule has 3 rings (SSSR count). The molecule has 1 amide bonds. The summed E-state index contributed by atoms with van der Waals surface area (Å²) >= 11 is 9.23. The van der Waals surface area contributed by atoms with Gasteiger partial charge in [-0.05, 0) is 43.2 Å². The number of hydrogen-bond acceptors (Lipinski definition) is 5. The second-order valence-electron chi connectivity index (χ2n) is 6.54. The second-order valence-corrected chi connectivity index (χ2v) is 8.79. The van der Waals surface area contributed by atoms with Gasteiger partial charge in [-0.1, -0.05) is 29.8 Å². The van der Waals surface area contributed by atoms with Crippen molar-refractivity contribution in [1.82, 2.24) is 14.8 Å². The Morgan fingerprint density at radius 2 is 1.89 bits per heavy atom. The van der Waals surface area contributed by atoms with Crippen LogP contribution in [-0.2, 0) is 17.8 Å². The summed E-state index contributed by atoms with van der Waals surface area (Å²) in [5.41, 5.74) is 1.91.